The first kappa shape index (κ1) is 12.0. The van der Waals surface area contributed by atoms with Gasteiger partial charge in [0, 0.05) is 30.4 Å². The van der Waals surface area contributed by atoms with E-state index in [1.165, 1.54) is 11.1 Å². The van der Waals surface area contributed by atoms with E-state index in [4.69, 9.17) is 0 Å². The monoisotopic (exact) mass is 260 g/mol. The molecule has 0 radical (unpaired) electrons. The molecule has 2 rings (SSSR count). The molecule has 1 aliphatic rings. The maximum atomic E-state index is 11.2. The normalized spacial score (nSPS) is 18.6. The van der Waals surface area contributed by atoms with Crippen LogP contribution < -0.4 is 5.32 Å². The van der Waals surface area contributed by atoms with E-state index in [0.29, 0.717) is 5.75 Å². The van der Waals surface area contributed by atoms with Crippen molar-refractivity contribution in [2.75, 3.05) is 18.6 Å². The zero-order chi connectivity index (χ0) is 11.6. The Morgan fingerprint density at radius 2 is 2.31 bits per heavy atom. The molecule has 1 saturated carbocycles. The highest BCUT2D eigenvalue weighted by Crippen LogP contribution is 2.46. The molecule has 0 unspecified atom stereocenters. The number of thiazole rings is 1. The molecule has 1 aliphatic carbocycles. The Hall–Kier alpha value is -0.460. The van der Waals surface area contributed by atoms with Gasteiger partial charge in [-0.3, -0.25) is 4.98 Å². The Labute approximate surface area is 100 Å². The lowest BCUT2D eigenvalue weighted by molar-refractivity contribution is 0.493. The molecule has 0 saturated heterocycles. The number of hydrogen-bond donors (Lipinski definition) is 1. The Morgan fingerprint density at radius 1 is 1.56 bits per heavy atom. The molecule has 0 aromatic carbocycles. The largest absolute Gasteiger partial charge is 0.311 e. The van der Waals surface area contributed by atoms with Gasteiger partial charge < -0.3 is 5.32 Å². The molecule has 0 aliphatic heterocycles. The predicted octanol–water partition coefficient (Wildman–Crippen LogP) is 1.06. The van der Waals surface area contributed by atoms with Crippen LogP contribution in [-0.4, -0.2) is 32.0 Å². The van der Waals surface area contributed by atoms with Crippen molar-refractivity contribution in [3.8, 4) is 0 Å². The van der Waals surface area contributed by atoms with Gasteiger partial charge in [-0.15, -0.1) is 11.3 Å². The zero-order valence-corrected chi connectivity index (χ0v) is 10.9. The smallest absolute Gasteiger partial charge is 0.148 e. The van der Waals surface area contributed by atoms with Crippen LogP contribution in [0.4, 0.5) is 0 Å². The Balaban J connectivity index is 1.78. The lowest BCUT2D eigenvalue weighted by Crippen LogP contribution is -2.28. The van der Waals surface area contributed by atoms with E-state index >= 15 is 0 Å². The number of sulfone groups is 1. The third-order valence-electron chi connectivity index (χ3n) is 2.81. The van der Waals surface area contributed by atoms with Gasteiger partial charge in [-0.1, -0.05) is 0 Å². The molecule has 0 spiro atoms. The zero-order valence-electron chi connectivity index (χ0n) is 9.27. The van der Waals surface area contributed by atoms with Crippen molar-refractivity contribution in [3.63, 3.8) is 0 Å². The quantitative estimate of drug-likeness (QED) is 0.831. The van der Waals surface area contributed by atoms with Gasteiger partial charge in [0.05, 0.1) is 11.3 Å². The topological polar surface area (TPSA) is 59.1 Å². The maximum Gasteiger partial charge on any atom is 0.148 e. The lowest BCUT2D eigenvalue weighted by Gasteiger charge is -2.14. The van der Waals surface area contributed by atoms with E-state index in [9.17, 15) is 8.42 Å². The van der Waals surface area contributed by atoms with Gasteiger partial charge in [0.2, 0.25) is 0 Å². The number of rotatable bonds is 6. The summed E-state index contributed by atoms with van der Waals surface area (Å²) in [5, 5.41) is 3.32. The summed E-state index contributed by atoms with van der Waals surface area (Å²) in [6.45, 7) is 1.58. The van der Waals surface area contributed by atoms with Crippen LogP contribution in [0.25, 0.3) is 0 Å². The van der Waals surface area contributed by atoms with Crippen molar-refractivity contribution in [1.29, 1.82) is 0 Å². The summed E-state index contributed by atoms with van der Waals surface area (Å²) in [7, 11) is -2.85. The van der Waals surface area contributed by atoms with Crippen molar-refractivity contribution < 1.29 is 8.42 Å². The molecule has 1 aromatic rings. The minimum atomic E-state index is -2.85. The van der Waals surface area contributed by atoms with E-state index in [-0.39, 0.29) is 5.41 Å². The number of nitrogens with one attached hydrogen (secondary N) is 1. The number of nitrogens with zero attached hydrogens (tertiary/aromatic N) is 1. The molecule has 1 heterocycles. The summed E-state index contributed by atoms with van der Waals surface area (Å²) in [6, 6.07) is 0. The fourth-order valence-electron chi connectivity index (χ4n) is 1.89. The van der Waals surface area contributed by atoms with Crippen LogP contribution in [0, 0.1) is 5.41 Å². The minimum Gasteiger partial charge on any atom is -0.311 e. The first-order valence-electron chi connectivity index (χ1n) is 5.25. The first-order valence-corrected chi connectivity index (χ1v) is 8.19. The average Bonchev–Trinajstić information content (AvgIpc) is 2.72. The summed E-state index contributed by atoms with van der Waals surface area (Å²) < 4.78 is 22.5. The van der Waals surface area contributed by atoms with Crippen LogP contribution in [0.3, 0.4) is 0 Å². The second kappa shape index (κ2) is 4.43. The van der Waals surface area contributed by atoms with E-state index in [2.05, 4.69) is 10.3 Å². The van der Waals surface area contributed by atoms with Crippen molar-refractivity contribution in [1.82, 2.24) is 10.3 Å². The number of aromatic nitrogens is 1. The third kappa shape index (κ3) is 3.54. The second-order valence-electron chi connectivity index (χ2n) is 4.64. The Kier molecular flexibility index (Phi) is 3.32. The molecular weight excluding hydrogens is 244 g/mol. The summed E-state index contributed by atoms with van der Waals surface area (Å²) in [4.78, 5) is 5.18. The van der Waals surface area contributed by atoms with Crippen LogP contribution >= 0.6 is 11.3 Å². The molecule has 1 N–H and O–H groups in total. The third-order valence-corrected chi connectivity index (χ3v) is 4.72. The molecule has 1 fully saturated rings. The Bertz CT molecular complexity index is 435. The van der Waals surface area contributed by atoms with Crippen LogP contribution in [0.1, 0.15) is 17.7 Å². The van der Waals surface area contributed by atoms with Gasteiger partial charge in [-0.05, 0) is 18.3 Å². The molecule has 0 bridgehead atoms. The SMILES string of the molecule is CS(=O)(=O)CC1(CNCc2cncs2)CC1. The second-order valence-corrected chi connectivity index (χ2v) is 7.75. The fourth-order valence-corrected chi connectivity index (χ4v) is 3.95. The van der Waals surface area contributed by atoms with Gasteiger partial charge in [0.15, 0.2) is 0 Å². The molecule has 16 heavy (non-hydrogen) atoms. The van der Waals surface area contributed by atoms with Gasteiger partial charge in [-0.2, -0.15) is 0 Å². The molecule has 0 atom stereocenters. The van der Waals surface area contributed by atoms with Crippen molar-refractivity contribution in [2.24, 2.45) is 5.41 Å². The highest BCUT2D eigenvalue weighted by atomic mass is 32.2. The van der Waals surface area contributed by atoms with Crippen LogP contribution in [-0.2, 0) is 16.4 Å². The van der Waals surface area contributed by atoms with Crippen LogP contribution in [0.15, 0.2) is 11.7 Å². The highest BCUT2D eigenvalue weighted by molar-refractivity contribution is 7.90. The molecular formula is C10H16N2O2S2. The standard InChI is InChI=1S/C10H16N2O2S2/c1-16(13,14)7-10(2-3-10)6-11-4-9-5-12-8-15-9/h5,8,11H,2-4,6-7H2,1H3. The van der Waals surface area contributed by atoms with Crippen LogP contribution in [0.5, 0.6) is 0 Å². The fraction of sp³-hybridized carbons (Fsp3) is 0.700. The maximum absolute atomic E-state index is 11.2. The first-order chi connectivity index (χ1) is 7.49. The average molecular weight is 260 g/mol. The summed E-state index contributed by atoms with van der Waals surface area (Å²) in [6.07, 6.45) is 5.20. The van der Waals surface area contributed by atoms with Crippen molar-refractivity contribution in [2.45, 2.75) is 19.4 Å². The lowest BCUT2D eigenvalue weighted by atomic mass is 10.1. The van der Waals surface area contributed by atoms with Crippen molar-refractivity contribution in [3.05, 3.63) is 16.6 Å². The van der Waals surface area contributed by atoms with E-state index in [1.54, 1.807) is 16.8 Å². The molecule has 4 nitrogen and oxygen atoms in total. The highest BCUT2D eigenvalue weighted by Gasteiger charge is 2.44. The number of hydrogen-bond acceptors (Lipinski definition) is 5. The molecule has 6 heteroatoms. The van der Waals surface area contributed by atoms with Gasteiger partial charge in [0.25, 0.3) is 0 Å². The van der Waals surface area contributed by atoms with Gasteiger partial charge in [-0.25, -0.2) is 8.42 Å². The molecule has 90 valence electrons. The summed E-state index contributed by atoms with van der Waals surface area (Å²) >= 11 is 1.62. The summed E-state index contributed by atoms with van der Waals surface area (Å²) in [5.41, 5.74) is 1.82. The van der Waals surface area contributed by atoms with Crippen LogP contribution in [0.2, 0.25) is 0 Å². The predicted molar refractivity (Wildman–Crippen MR) is 65.2 cm³/mol. The molecule has 1 aromatic heterocycles. The Morgan fingerprint density at radius 3 is 2.81 bits per heavy atom. The minimum absolute atomic E-state index is 0.0122. The van der Waals surface area contributed by atoms with E-state index in [0.717, 1.165) is 25.9 Å². The van der Waals surface area contributed by atoms with Gasteiger partial charge in [0.1, 0.15) is 9.84 Å². The van der Waals surface area contributed by atoms with Crippen molar-refractivity contribution >= 4 is 21.2 Å². The van der Waals surface area contributed by atoms with E-state index in [1.807, 2.05) is 6.20 Å². The van der Waals surface area contributed by atoms with Gasteiger partial charge >= 0.3 is 0 Å². The molecule has 0 amide bonds. The summed E-state index contributed by atoms with van der Waals surface area (Å²) in [5.74, 6) is 0.315. The van der Waals surface area contributed by atoms with E-state index < -0.39 is 9.84 Å².